The van der Waals surface area contributed by atoms with Crippen LogP contribution < -0.4 is 0 Å². The van der Waals surface area contributed by atoms with Crippen LogP contribution in [0.2, 0.25) is 0 Å². The Morgan fingerprint density at radius 1 is 1.38 bits per heavy atom. The van der Waals surface area contributed by atoms with Crippen LogP contribution in [0.25, 0.3) is 0 Å². The Kier molecular flexibility index (Phi) is 4.33. The summed E-state index contributed by atoms with van der Waals surface area (Å²) in [5, 5.41) is 19.5. The van der Waals surface area contributed by atoms with E-state index in [4.69, 9.17) is 5.11 Å². The summed E-state index contributed by atoms with van der Waals surface area (Å²) < 4.78 is 0. The van der Waals surface area contributed by atoms with E-state index in [9.17, 15) is 9.90 Å². The number of carboxylic acids is 1. The number of hydrogen-bond donors (Lipinski definition) is 2. The molecule has 4 heteroatoms. The third-order valence-corrected chi connectivity index (χ3v) is 3.75. The summed E-state index contributed by atoms with van der Waals surface area (Å²) in [4.78, 5) is 13.4. The molecule has 0 amide bonds. The van der Waals surface area contributed by atoms with Gasteiger partial charge in [0.25, 0.3) is 0 Å². The normalized spacial score (nSPS) is 23.3. The minimum Gasteiger partial charge on any atom is -0.481 e. The Morgan fingerprint density at radius 3 is 2.19 bits per heavy atom. The van der Waals surface area contributed by atoms with Crippen molar-refractivity contribution in [1.29, 1.82) is 0 Å². The van der Waals surface area contributed by atoms with E-state index in [1.807, 2.05) is 6.92 Å². The van der Waals surface area contributed by atoms with Crippen molar-refractivity contribution >= 4 is 5.97 Å². The smallest absolute Gasteiger partial charge is 0.309 e. The molecule has 2 N–H and O–H groups in total. The number of carbonyl (C=O) groups is 1. The monoisotopic (exact) mass is 229 g/mol. The van der Waals surface area contributed by atoms with Crippen LogP contribution >= 0.6 is 0 Å². The molecular weight excluding hydrogens is 206 g/mol. The van der Waals surface area contributed by atoms with E-state index in [-0.39, 0.29) is 0 Å². The first kappa shape index (κ1) is 13.5. The Bertz CT molecular complexity index is 245. The summed E-state index contributed by atoms with van der Waals surface area (Å²) in [6.07, 6.45) is 1.62. The molecule has 16 heavy (non-hydrogen) atoms. The van der Waals surface area contributed by atoms with Crippen molar-refractivity contribution in [1.82, 2.24) is 4.90 Å². The van der Waals surface area contributed by atoms with Crippen LogP contribution in [0.5, 0.6) is 0 Å². The van der Waals surface area contributed by atoms with Gasteiger partial charge >= 0.3 is 5.97 Å². The lowest BCUT2D eigenvalue weighted by Gasteiger charge is -2.42. The topological polar surface area (TPSA) is 60.8 Å². The second kappa shape index (κ2) is 5.15. The zero-order valence-electron chi connectivity index (χ0n) is 10.4. The maximum Gasteiger partial charge on any atom is 0.309 e. The fourth-order valence-corrected chi connectivity index (χ4v) is 2.56. The highest BCUT2D eigenvalue weighted by atomic mass is 16.4. The van der Waals surface area contributed by atoms with Crippen LogP contribution in [0.4, 0.5) is 0 Å². The van der Waals surface area contributed by atoms with Gasteiger partial charge in [0.1, 0.15) is 0 Å². The van der Waals surface area contributed by atoms with E-state index in [0.717, 1.165) is 13.1 Å². The molecule has 0 spiro atoms. The number of likely N-dealkylation sites (tertiary alicyclic amines) is 1. The molecular formula is C12H23NO3. The minimum absolute atomic E-state index is 0.467. The first-order valence-electron chi connectivity index (χ1n) is 6.10. The first-order valence-corrected chi connectivity index (χ1v) is 6.10. The molecule has 0 aromatic carbocycles. The number of piperidine rings is 1. The Morgan fingerprint density at radius 2 is 1.88 bits per heavy atom. The summed E-state index contributed by atoms with van der Waals surface area (Å²) in [7, 11) is 0. The molecule has 1 aliphatic heterocycles. The minimum atomic E-state index is -1.01. The zero-order chi connectivity index (χ0) is 12.3. The molecule has 1 heterocycles. The van der Waals surface area contributed by atoms with Crippen molar-refractivity contribution in [2.24, 2.45) is 5.92 Å². The van der Waals surface area contributed by atoms with Gasteiger partial charge in [-0.15, -0.1) is 0 Å². The lowest BCUT2D eigenvalue weighted by atomic mass is 9.78. The molecule has 1 unspecified atom stereocenters. The SMILES string of the molecule is CCC(C(=O)O)C1(O)CCN(C(C)C)CC1. The van der Waals surface area contributed by atoms with Crippen LogP contribution in [-0.4, -0.2) is 45.8 Å². The van der Waals surface area contributed by atoms with Crippen molar-refractivity contribution in [3.8, 4) is 0 Å². The van der Waals surface area contributed by atoms with Gasteiger partial charge in [0, 0.05) is 19.1 Å². The summed E-state index contributed by atoms with van der Waals surface area (Å²) >= 11 is 0. The molecule has 1 atom stereocenters. The number of carboxylic acid groups (broad SMARTS) is 1. The van der Waals surface area contributed by atoms with Crippen molar-refractivity contribution in [3.05, 3.63) is 0 Å². The Hall–Kier alpha value is -0.610. The second-order valence-electron chi connectivity index (χ2n) is 5.03. The number of hydrogen-bond acceptors (Lipinski definition) is 3. The maximum absolute atomic E-state index is 11.1. The molecule has 0 radical (unpaired) electrons. The van der Waals surface area contributed by atoms with Crippen LogP contribution in [0.3, 0.4) is 0 Å². The molecule has 0 bridgehead atoms. The lowest BCUT2D eigenvalue weighted by Crippen LogP contribution is -2.52. The van der Waals surface area contributed by atoms with Gasteiger partial charge in [-0.25, -0.2) is 0 Å². The molecule has 1 saturated heterocycles. The van der Waals surface area contributed by atoms with Crippen molar-refractivity contribution in [3.63, 3.8) is 0 Å². The maximum atomic E-state index is 11.1. The van der Waals surface area contributed by atoms with Crippen LogP contribution in [0, 0.1) is 5.92 Å². The van der Waals surface area contributed by atoms with Crippen LogP contribution in [0.15, 0.2) is 0 Å². The largest absolute Gasteiger partial charge is 0.481 e. The quantitative estimate of drug-likeness (QED) is 0.763. The highest BCUT2D eigenvalue weighted by Crippen LogP contribution is 2.32. The molecule has 1 rings (SSSR count). The predicted molar refractivity (Wildman–Crippen MR) is 62.3 cm³/mol. The third-order valence-electron chi connectivity index (χ3n) is 3.75. The van der Waals surface area contributed by atoms with Gasteiger partial charge < -0.3 is 15.1 Å². The number of rotatable bonds is 4. The van der Waals surface area contributed by atoms with Crippen LogP contribution in [-0.2, 0) is 4.79 Å². The predicted octanol–water partition coefficient (Wildman–Crippen LogP) is 1.33. The highest BCUT2D eigenvalue weighted by molar-refractivity contribution is 5.71. The first-order chi connectivity index (χ1) is 7.40. The van der Waals surface area contributed by atoms with E-state index < -0.39 is 17.5 Å². The van der Waals surface area contributed by atoms with Gasteiger partial charge in [0.05, 0.1) is 11.5 Å². The fraction of sp³-hybridized carbons (Fsp3) is 0.917. The second-order valence-corrected chi connectivity index (χ2v) is 5.03. The Labute approximate surface area is 97.3 Å². The summed E-state index contributed by atoms with van der Waals surface area (Å²) in [5.74, 6) is -1.50. The number of aliphatic carboxylic acids is 1. The molecule has 94 valence electrons. The van der Waals surface area contributed by atoms with E-state index >= 15 is 0 Å². The van der Waals surface area contributed by atoms with Crippen LogP contribution in [0.1, 0.15) is 40.0 Å². The number of aliphatic hydroxyl groups is 1. The molecule has 0 aliphatic carbocycles. The van der Waals surface area contributed by atoms with E-state index in [2.05, 4.69) is 18.7 Å². The van der Waals surface area contributed by atoms with E-state index in [0.29, 0.717) is 25.3 Å². The van der Waals surface area contributed by atoms with E-state index in [1.165, 1.54) is 0 Å². The molecule has 1 aliphatic rings. The average molecular weight is 229 g/mol. The van der Waals surface area contributed by atoms with Crippen molar-refractivity contribution < 1.29 is 15.0 Å². The van der Waals surface area contributed by atoms with Gasteiger partial charge in [0.2, 0.25) is 0 Å². The number of nitrogens with zero attached hydrogens (tertiary/aromatic N) is 1. The van der Waals surface area contributed by atoms with Gasteiger partial charge in [0.15, 0.2) is 0 Å². The van der Waals surface area contributed by atoms with Gasteiger partial charge in [-0.3, -0.25) is 4.79 Å². The summed E-state index contributed by atoms with van der Waals surface area (Å²) in [6, 6.07) is 0.467. The zero-order valence-corrected chi connectivity index (χ0v) is 10.4. The summed E-state index contributed by atoms with van der Waals surface area (Å²) in [6.45, 7) is 7.65. The molecule has 0 saturated carbocycles. The third kappa shape index (κ3) is 2.74. The highest BCUT2D eigenvalue weighted by Gasteiger charge is 2.42. The fourth-order valence-electron chi connectivity index (χ4n) is 2.56. The van der Waals surface area contributed by atoms with Crippen molar-refractivity contribution in [2.75, 3.05) is 13.1 Å². The molecule has 4 nitrogen and oxygen atoms in total. The molecule has 0 aromatic rings. The van der Waals surface area contributed by atoms with Gasteiger partial charge in [-0.1, -0.05) is 6.92 Å². The standard InChI is InChI=1S/C12H23NO3/c1-4-10(11(14)15)12(16)5-7-13(8-6-12)9(2)3/h9-10,16H,4-8H2,1-3H3,(H,14,15). The van der Waals surface area contributed by atoms with Crippen molar-refractivity contribution in [2.45, 2.75) is 51.7 Å². The summed E-state index contributed by atoms with van der Waals surface area (Å²) in [5.41, 5.74) is -1.01. The average Bonchev–Trinajstić information content (AvgIpc) is 2.18. The Balaban J connectivity index is 2.64. The van der Waals surface area contributed by atoms with E-state index in [1.54, 1.807) is 0 Å². The lowest BCUT2D eigenvalue weighted by molar-refractivity contribution is -0.156. The van der Waals surface area contributed by atoms with Gasteiger partial charge in [-0.05, 0) is 33.1 Å². The van der Waals surface area contributed by atoms with Gasteiger partial charge in [-0.2, -0.15) is 0 Å². The molecule has 0 aromatic heterocycles. The molecule has 1 fully saturated rings.